The molecule has 10 aromatic carbocycles. The Morgan fingerprint density at radius 1 is 0.287 bits per heavy atom. The molecule has 0 fully saturated rings. The molecule has 0 amide bonds. The summed E-state index contributed by atoms with van der Waals surface area (Å²) in [4.78, 5) is 10.2. The first kappa shape index (κ1) is 77.0. The van der Waals surface area contributed by atoms with E-state index < -0.39 is 0 Å². The van der Waals surface area contributed by atoms with Crippen LogP contribution in [0.1, 0.15) is 163 Å². The standard InChI is InChI=1S/2C27H29NO2.C20H23NO2.C19H21NO3.2ClH/c2*1-18-11-21-9-10-28-16-23-15-27(30-17-20-7-5-4-6-8-20)26(29-3)14-22(23)13-25(28)24(21)12-19(18)2;1-12-6-14-4-5-21-11-16-7-13(2)20(23-3)9-15(16)8-18(21)17(14)10-19(12)22;1-11-5-12-3-4-20-10-14-7-18(22)19(23-2)8-13(14)6-16(20)15(12)9-17(11)21;;/h2*4-8,11-12,14-15,25H,9-10,13,16-17H2,1-3H3;6-7,9-10,18,22H,4-5,8,11H2,1-3H3;5,7-9,16,21-22H,3-4,6,10H2,1-2H3;2*1H/t2*25-;18-;16-;;/m1001../s1. The van der Waals surface area contributed by atoms with E-state index in [0.717, 1.165) is 155 Å². The number of halogens is 2. The summed E-state index contributed by atoms with van der Waals surface area (Å²) in [5.74, 6) is 5.82. The van der Waals surface area contributed by atoms with E-state index in [1.54, 1.807) is 28.4 Å². The minimum absolute atomic E-state index is 0. The van der Waals surface area contributed by atoms with Crippen molar-refractivity contribution in [2.75, 3.05) is 54.6 Å². The Bertz CT molecular complexity index is 4640. The smallest absolute Gasteiger partial charge is 0.162 e. The Hall–Kier alpha value is -9.18. The fourth-order valence-electron chi connectivity index (χ4n) is 17.8. The number of phenolic OH excluding ortho intramolecular Hbond substituents is 3. The number of nitrogens with zero attached hydrogens (tertiary/aromatic N) is 4. The summed E-state index contributed by atoms with van der Waals surface area (Å²) in [7, 11) is 6.77. The van der Waals surface area contributed by atoms with Gasteiger partial charge in [0.15, 0.2) is 34.5 Å². The highest BCUT2D eigenvalue weighted by Gasteiger charge is 2.38. The first-order valence-corrected chi connectivity index (χ1v) is 38.0. The summed E-state index contributed by atoms with van der Waals surface area (Å²) in [5, 5.41) is 30.3. The predicted octanol–water partition coefficient (Wildman–Crippen LogP) is 18.7. The van der Waals surface area contributed by atoms with Crippen molar-refractivity contribution in [1.82, 2.24) is 19.6 Å². The highest BCUT2D eigenvalue weighted by atomic mass is 35.5. The maximum absolute atomic E-state index is 10.1. The van der Waals surface area contributed by atoms with Gasteiger partial charge in [0.25, 0.3) is 0 Å². The third-order valence-corrected chi connectivity index (χ3v) is 24.1. The zero-order chi connectivity index (χ0) is 73.6. The number of phenols is 3. The number of hydrogen-bond acceptors (Lipinski definition) is 13. The van der Waals surface area contributed by atoms with E-state index >= 15 is 0 Å². The van der Waals surface area contributed by atoms with Gasteiger partial charge in [-0.3, -0.25) is 19.6 Å². The van der Waals surface area contributed by atoms with Crippen LogP contribution in [0.15, 0.2) is 158 Å². The Morgan fingerprint density at radius 3 is 0.935 bits per heavy atom. The molecule has 8 aliphatic heterocycles. The van der Waals surface area contributed by atoms with E-state index in [2.05, 4.69) is 151 Å². The van der Waals surface area contributed by atoms with Crippen molar-refractivity contribution >= 4 is 24.8 Å². The molecule has 108 heavy (non-hydrogen) atoms. The Balaban J connectivity index is 0.000000127. The van der Waals surface area contributed by atoms with Crippen molar-refractivity contribution < 1.29 is 43.7 Å². The topological polar surface area (TPSA) is 129 Å². The van der Waals surface area contributed by atoms with Gasteiger partial charge in [-0.15, -0.1) is 24.8 Å². The zero-order valence-corrected chi connectivity index (χ0v) is 66.1. The maximum atomic E-state index is 10.1. The van der Waals surface area contributed by atoms with Gasteiger partial charge in [0, 0.05) is 76.5 Å². The van der Waals surface area contributed by atoms with E-state index in [1.165, 1.54) is 117 Å². The molecular formula is C93H104Cl2N4O9. The van der Waals surface area contributed by atoms with Crippen LogP contribution in [-0.4, -0.2) is 89.5 Å². The maximum Gasteiger partial charge on any atom is 0.162 e. The fourth-order valence-corrected chi connectivity index (χ4v) is 17.8. The van der Waals surface area contributed by atoms with Crippen molar-refractivity contribution in [3.63, 3.8) is 0 Å². The molecule has 3 N–H and O–H groups in total. The van der Waals surface area contributed by atoms with E-state index in [0.29, 0.717) is 48.6 Å². The lowest BCUT2D eigenvalue weighted by molar-refractivity contribution is 0.160. The zero-order valence-electron chi connectivity index (χ0n) is 64.4. The molecule has 0 unspecified atom stereocenters. The molecule has 13 nitrogen and oxygen atoms in total. The second-order valence-corrected chi connectivity index (χ2v) is 30.7. The molecule has 0 saturated carbocycles. The lowest BCUT2D eigenvalue weighted by atomic mass is 9.82. The molecule has 10 aromatic rings. The molecule has 564 valence electrons. The van der Waals surface area contributed by atoms with Crippen LogP contribution in [0, 0.1) is 48.5 Å². The van der Waals surface area contributed by atoms with E-state index in [4.69, 9.17) is 28.4 Å². The number of hydrogen-bond donors (Lipinski definition) is 3. The van der Waals surface area contributed by atoms with Crippen molar-refractivity contribution in [3.05, 3.63) is 297 Å². The van der Waals surface area contributed by atoms with Crippen LogP contribution in [0.3, 0.4) is 0 Å². The molecule has 0 aromatic heterocycles. The lowest BCUT2D eigenvalue weighted by Gasteiger charge is -2.42. The summed E-state index contributed by atoms with van der Waals surface area (Å²) in [6.45, 7) is 24.1. The van der Waals surface area contributed by atoms with Gasteiger partial charge in [0.05, 0.1) is 28.4 Å². The monoisotopic (exact) mass is 1490 g/mol. The number of aryl methyl sites for hydroxylation is 7. The average Bonchev–Trinajstić information content (AvgIpc) is 0.775. The van der Waals surface area contributed by atoms with Gasteiger partial charge in [-0.2, -0.15) is 0 Å². The molecule has 0 radical (unpaired) electrons. The first-order chi connectivity index (χ1) is 51.4. The van der Waals surface area contributed by atoms with Crippen LogP contribution < -0.4 is 28.4 Å². The summed E-state index contributed by atoms with van der Waals surface area (Å²) in [6, 6.07) is 57.0. The summed E-state index contributed by atoms with van der Waals surface area (Å²) in [5.41, 5.74) is 33.0. The number of rotatable bonds is 10. The predicted molar refractivity (Wildman–Crippen MR) is 434 cm³/mol. The number of benzene rings is 10. The van der Waals surface area contributed by atoms with Crippen LogP contribution in [0.4, 0.5) is 0 Å². The summed E-state index contributed by atoms with van der Waals surface area (Å²) in [6.07, 6.45) is 8.26. The fraction of sp³-hybridized carbons (Fsp3) is 0.355. The molecule has 18 rings (SSSR count). The van der Waals surface area contributed by atoms with Crippen LogP contribution in [0.5, 0.6) is 51.7 Å². The molecule has 15 heteroatoms. The molecule has 8 heterocycles. The number of aromatic hydroxyl groups is 3. The van der Waals surface area contributed by atoms with Gasteiger partial charge in [-0.1, -0.05) is 103 Å². The van der Waals surface area contributed by atoms with Gasteiger partial charge in [0.2, 0.25) is 0 Å². The minimum atomic E-state index is 0. The molecule has 0 spiro atoms. The average molecular weight is 1490 g/mol. The third-order valence-electron chi connectivity index (χ3n) is 24.1. The summed E-state index contributed by atoms with van der Waals surface area (Å²) >= 11 is 0. The quantitative estimate of drug-likeness (QED) is 0.120. The van der Waals surface area contributed by atoms with E-state index in [-0.39, 0.29) is 36.6 Å². The lowest BCUT2D eigenvalue weighted by Crippen LogP contribution is -2.39. The van der Waals surface area contributed by atoms with Crippen LogP contribution in [0.2, 0.25) is 0 Å². The van der Waals surface area contributed by atoms with Crippen molar-refractivity contribution in [3.8, 4) is 51.7 Å². The number of methoxy groups -OCH3 is 4. The molecule has 4 atom stereocenters. The molecule has 8 aliphatic rings. The molecule has 0 saturated heterocycles. The minimum Gasteiger partial charge on any atom is -0.508 e. The van der Waals surface area contributed by atoms with Gasteiger partial charge in [-0.25, -0.2) is 0 Å². The van der Waals surface area contributed by atoms with Gasteiger partial charge < -0.3 is 43.7 Å². The largest absolute Gasteiger partial charge is 0.508 e. The second-order valence-electron chi connectivity index (χ2n) is 30.7. The molecular weight excluding hydrogens is 1390 g/mol. The highest BCUT2D eigenvalue weighted by molar-refractivity contribution is 5.85. The first-order valence-electron chi connectivity index (χ1n) is 38.0. The van der Waals surface area contributed by atoms with Gasteiger partial charge in [0.1, 0.15) is 30.5 Å². The molecule has 0 bridgehead atoms. The van der Waals surface area contributed by atoms with Gasteiger partial charge >= 0.3 is 0 Å². The Kier molecular flexibility index (Phi) is 23.5. The van der Waals surface area contributed by atoms with Crippen LogP contribution in [0.25, 0.3) is 0 Å². The number of ether oxygens (including phenoxy) is 6. The third kappa shape index (κ3) is 15.9. The van der Waals surface area contributed by atoms with Crippen molar-refractivity contribution in [1.29, 1.82) is 0 Å². The normalized spacial score (nSPS) is 18.2. The molecule has 0 aliphatic carbocycles. The highest BCUT2D eigenvalue weighted by Crippen LogP contribution is 2.48. The number of fused-ring (bicyclic) bond motifs is 16. The van der Waals surface area contributed by atoms with Crippen molar-refractivity contribution in [2.24, 2.45) is 0 Å². The van der Waals surface area contributed by atoms with E-state index in [9.17, 15) is 15.3 Å². The van der Waals surface area contributed by atoms with Gasteiger partial charge in [-0.05, 0) is 294 Å². The van der Waals surface area contributed by atoms with Crippen molar-refractivity contribution in [2.45, 2.75) is 163 Å². The second kappa shape index (κ2) is 33.0. The Labute approximate surface area is 650 Å². The van der Waals surface area contributed by atoms with E-state index in [1.807, 2.05) is 74.5 Å². The summed E-state index contributed by atoms with van der Waals surface area (Å²) < 4.78 is 34.5. The van der Waals surface area contributed by atoms with Crippen LogP contribution in [-0.2, 0) is 90.8 Å². The van der Waals surface area contributed by atoms with Crippen LogP contribution >= 0.6 is 24.8 Å². The SMILES string of the molecule is COc1cc2c(cc1C)CN1CCc3cc(C)c(O)cc3[C@@H]1C2.COc1cc2c(cc1O)CN1CCc3cc(C)c(O)cc3[C@H]1C2.COc1cc2c(cc1OCc1ccccc1)CN1CCc3cc(C)c(C)cc3[C@@H]1C2.COc1cc2c(cc1OCc1ccccc1)CN1CCc3cc(C)c(C)cc3[C@H]1C2.Cl.Cl. The Morgan fingerprint density at radius 2 is 0.574 bits per heavy atom.